The van der Waals surface area contributed by atoms with Crippen LogP contribution in [0.2, 0.25) is 0 Å². The molecule has 1 aromatic rings. The van der Waals surface area contributed by atoms with Crippen molar-refractivity contribution in [2.45, 2.75) is 32.1 Å². The third-order valence-corrected chi connectivity index (χ3v) is 4.96. The summed E-state index contributed by atoms with van der Waals surface area (Å²) in [5.74, 6) is 0. The zero-order chi connectivity index (χ0) is 11.5. The van der Waals surface area contributed by atoms with Crippen molar-refractivity contribution in [2.75, 3.05) is 32.7 Å². The number of fused-ring (bicyclic) bond motifs is 1. The van der Waals surface area contributed by atoms with E-state index in [0.29, 0.717) is 0 Å². The Morgan fingerprint density at radius 1 is 1.18 bits per heavy atom. The lowest BCUT2D eigenvalue weighted by atomic mass is 10.0. The SMILES string of the molecule is C1CCc2sc(CCN3CCNCC3)nc2C1. The van der Waals surface area contributed by atoms with Gasteiger partial charge in [0.15, 0.2) is 0 Å². The van der Waals surface area contributed by atoms with Crippen LogP contribution in [0.25, 0.3) is 0 Å². The second kappa shape index (κ2) is 5.46. The van der Waals surface area contributed by atoms with Crippen molar-refractivity contribution in [2.24, 2.45) is 0 Å². The minimum atomic E-state index is 1.15. The Labute approximate surface area is 107 Å². The summed E-state index contributed by atoms with van der Waals surface area (Å²) in [4.78, 5) is 8.94. The Morgan fingerprint density at radius 3 is 2.82 bits per heavy atom. The fourth-order valence-corrected chi connectivity index (χ4v) is 3.85. The summed E-state index contributed by atoms with van der Waals surface area (Å²) in [7, 11) is 0. The lowest BCUT2D eigenvalue weighted by Gasteiger charge is -2.26. The van der Waals surface area contributed by atoms with Crippen molar-refractivity contribution in [3.63, 3.8) is 0 Å². The molecule has 0 saturated carbocycles. The van der Waals surface area contributed by atoms with Crippen LogP contribution in [0.3, 0.4) is 0 Å². The summed E-state index contributed by atoms with van der Waals surface area (Å²) in [6.07, 6.45) is 6.36. The highest BCUT2D eigenvalue weighted by molar-refractivity contribution is 7.11. The number of aromatic nitrogens is 1. The van der Waals surface area contributed by atoms with Gasteiger partial charge >= 0.3 is 0 Å². The van der Waals surface area contributed by atoms with Gasteiger partial charge < -0.3 is 10.2 Å². The summed E-state index contributed by atoms with van der Waals surface area (Å²) >= 11 is 1.97. The van der Waals surface area contributed by atoms with E-state index in [2.05, 4.69) is 10.2 Å². The second-order valence-corrected chi connectivity index (χ2v) is 6.19. The number of hydrogen-bond acceptors (Lipinski definition) is 4. The van der Waals surface area contributed by atoms with Crippen LogP contribution in [0.1, 0.15) is 28.4 Å². The minimum Gasteiger partial charge on any atom is -0.314 e. The molecule has 0 radical (unpaired) electrons. The molecule has 1 saturated heterocycles. The summed E-state index contributed by atoms with van der Waals surface area (Å²) in [5.41, 5.74) is 1.41. The molecule has 0 aromatic carbocycles. The van der Waals surface area contributed by atoms with Gasteiger partial charge in [0.25, 0.3) is 0 Å². The summed E-state index contributed by atoms with van der Waals surface area (Å²) < 4.78 is 0. The molecule has 0 bridgehead atoms. The van der Waals surface area contributed by atoms with Crippen LogP contribution in [0.4, 0.5) is 0 Å². The first-order chi connectivity index (χ1) is 8.42. The van der Waals surface area contributed by atoms with E-state index in [9.17, 15) is 0 Å². The molecule has 0 spiro atoms. The maximum absolute atomic E-state index is 4.81. The van der Waals surface area contributed by atoms with Gasteiger partial charge in [0.1, 0.15) is 0 Å². The monoisotopic (exact) mass is 251 g/mol. The van der Waals surface area contributed by atoms with E-state index in [1.165, 1.54) is 56.0 Å². The molecule has 0 amide bonds. The molecule has 1 aromatic heterocycles. The van der Waals surface area contributed by atoms with E-state index in [-0.39, 0.29) is 0 Å². The maximum atomic E-state index is 4.81. The minimum absolute atomic E-state index is 1.15. The third-order valence-electron chi connectivity index (χ3n) is 3.74. The molecule has 17 heavy (non-hydrogen) atoms. The molecule has 1 fully saturated rings. The van der Waals surface area contributed by atoms with Crippen LogP contribution >= 0.6 is 11.3 Å². The van der Waals surface area contributed by atoms with Gasteiger partial charge in [0.2, 0.25) is 0 Å². The molecule has 3 rings (SSSR count). The summed E-state index contributed by atoms with van der Waals surface area (Å²) in [6.45, 7) is 5.88. The number of nitrogens with one attached hydrogen (secondary N) is 1. The first kappa shape index (κ1) is 11.6. The van der Waals surface area contributed by atoms with E-state index >= 15 is 0 Å². The summed E-state index contributed by atoms with van der Waals surface area (Å²) in [5, 5.41) is 4.77. The van der Waals surface area contributed by atoms with Gasteiger partial charge in [-0.05, 0) is 25.7 Å². The van der Waals surface area contributed by atoms with Gasteiger partial charge in [-0.3, -0.25) is 0 Å². The molecular formula is C13H21N3S. The first-order valence-electron chi connectivity index (χ1n) is 6.82. The zero-order valence-corrected chi connectivity index (χ0v) is 11.2. The molecule has 4 heteroatoms. The van der Waals surface area contributed by atoms with Crippen LogP contribution < -0.4 is 5.32 Å². The van der Waals surface area contributed by atoms with Gasteiger partial charge in [0, 0.05) is 44.0 Å². The van der Waals surface area contributed by atoms with E-state index in [1.54, 1.807) is 4.88 Å². The fraction of sp³-hybridized carbons (Fsp3) is 0.769. The van der Waals surface area contributed by atoms with E-state index in [1.807, 2.05) is 11.3 Å². The number of thiazole rings is 1. The smallest absolute Gasteiger partial charge is 0.0943 e. The Morgan fingerprint density at radius 2 is 2.00 bits per heavy atom. The molecule has 1 aliphatic heterocycles. The van der Waals surface area contributed by atoms with Crippen molar-refractivity contribution in [1.29, 1.82) is 0 Å². The molecule has 2 heterocycles. The normalized spacial score (nSPS) is 21.4. The lowest BCUT2D eigenvalue weighted by molar-refractivity contribution is 0.244. The molecule has 1 aliphatic carbocycles. The van der Waals surface area contributed by atoms with Crippen LogP contribution in [0, 0.1) is 0 Å². The Hall–Kier alpha value is -0.450. The van der Waals surface area contributed by atoms with Crippen molar-refractivity contribution in [3.05, 3.63) is 15.6 Å². The number of aryl methyl sites for hydroxylation is 2. The second-order valence-electron chi connectivity index (χ2n) is 5.03. The van der Waals surface area contributed by atoms with Gasteiger partial charge in [0.05, 0.1) is 10.7 Å². The summed E-state index contributed by atoms with van der Waals surface area (Å²) in [6, 6.07) is 0. The first-order valence-corrected chi connectivity index (χ1v) is 7.64. The average molecular weight is 251 g/mol. The predicted molar refractivity (Wildman–Crippen MR) is 71.8 cm³/mol. The van der Waals surface area contributed by atoms with Crippen LogP contribution in [-0.2, 0) is 19.3 Å². The van der Waals surface area contributed by atoms with Crippen LogP contribution in [0.15, 0.2) is 0 Å². The van der Waals surface area contributed by atoms with Crippen LogP contribution in [0.5, 0.6) is 0 Å². The van der Waals surface area contributed by atoms with Gasteiger partial charge in [-0.1, -0.05) is 0 Å². The van der Waals surface area contributed by atoms with E-state index in [0.717, 1.165) is 19.5 Å². The number of nitrogens with zero attached hydrogens (tertiary/aromatic N) is 2. The van der Waals surface area contributed by atoms with Gasteiger partial charge in [-0.2, -0.15) is 0 Å². The highest BCUT2D eigenvalue weighted by Crippen LogP contribution is 2.26. The standard InChI is InChI=1S/C13H21N3S/c1-2-4-12-11(3-1)15-13(17-12)5-8-16-9-6-14-7-10-16/h14H,1-10H2. The Kier molecular flexibility index (Phi) is 3.74. The van der Waals surface area contributed by atoms with Crippen molar-refractivity contribution in [3.8, 4) is 0 Å². The molecular weight excluding hydrogens is 230 g/mol. The zero-order valence-electron chi connectivity index (χ0n) is 10.4. The number of piperazine rings is 1. The molecule has 94 valence electrons. The van der Waals surface area contributed by atoms with Gasteiger partial charge in [-0.25, -0.2) is 4.98 Å². The van der Waals surface area contributed by atoms with Crippen molar-refractivity contribution >= 4 is 11.3 Å². The van der Waals surface area contributed by atoms with E-state index < -0.39 is 0 Å². The number of hydrogen-bond donors (Lipinski definition) is 1. The van der Waals surface area contributed by atoms with Crippen molar-refractivity contribution < 1.29 is 0 Å². The maximum Gasteiger partial charge on any atom is 0.0943 e. The Bertz CT molecular complexity index is 345. The quantitative estimate of drug-likeness (QED) is 0.882. The Balaban J connectivity index is 1.55. The van der Waals surface area contributed by atoms with E-state index in [4.69, 9.17) is 4.98 Å². The average Bonchev–Trinajstić information content (AvgIpc) is 2.80. The molecule has 2 aliphatic rings. The third kappa shape index (κ3) is 2.87. The highest BCUT2D eigenvalue weighted by Gasteiger charge is 2.16. The highest BCUT2D eigenvalue weighted by atomic mass is 32.1. The molecule has 0 unspecified atom stereocenters. The largest absolute Gasteiger partial charge is 0.314 e. The van der Waals surface area contributed by atoms with Gasteiger partial charge in [-0.15, -0.1) is 11.3 Å². The molecule has 3 nitrogen and oxygen atoms in total. The topological polar surface area (TPSA) is 28.2 Å². The molecule has 0 atom stereocenters. The number of rotatable bonds is 3. The molecule has 1 N–H and O–H groups in total. The van der Waals surface area contributed by atoms with Crippen molar-refractivity contribution in [1.82, 2.24) is 15.2 Å². The van der Waals surface area contributed by atoms with Crippen LogP contribution in [-0.4, -0.2) is 42.6 Å². The fourth-order valence-electron chi connectivity index (χ4n) is 2.70. The lowest BCUT2D eigenvalue weighted by Crippen LogP contribution is -2.44. The predicted octanol–water partition coefficient (Wildman–Crippen LogP) is 1.47.